The smallest absolute Gasteiger partial charge is 0.358 e. The lowest BCUT2D eigenvalue weighted by Crippen LogP contribution is -2.30. The summed E-state index contributed by atoms with van der Waals surface area (Å²) in [6.07, 6.45) is -0.265. The van der Waals surface area contributed by atoms with Gasteiger partial charge in [0, 0.05) is 17.0 Å². The third-order valence-corrected chi connectivity index (χ3v) is 5.06. The molecule has 0 aliphatic heterocycles. The van der Waals surface area contributed by atoms with Gasteiger partial charge in [-0.15, -0.1) is 11.3 Å². The van der Waals surface area contributed by atoms with Gasteiger partial charge in [0.25, 0.3) is 5.91 Å². The number of hydrogen-bond acceptors (Lipinski definition) is 5. The maximum atomic E-state index is 13.6. The minimum atomic E-state index is -1.19. The van der Waals surface area contributed by atoms with Gasteiger partial charge in [0.15, 0.2) is 11.8 Å². The third kappa shape index (κ3) is 5.03. The van der Waals surface area contributed by atoms with Crippen molar-refractivity contribution >= 4 is 28.9 Å². The zero-order valence-corrected chi connectivity index (χ0v) is 16.6. The molecule has 29 heavy (non-hydrogen) atoms. The highest BCUT2D eigenvalue weighted by Gasteiger charge is 2.22. The Labute approximate surface area is 170 Å². The van der Waals surface area contributed by atoms with Gasteiger partial charge in [0.1, 0.15) is 16.6 Å². The number of ether oxygens (including phenoxy) is 1. The maximum absolute atomic E-state index is 13.6. The predicted molar refractivity (Wildman–Crippen MR) is 107 cm³/mol. The quantitative estimate of drug-likeness (QED) is 0.584. The number of rotatable bonds is 6. The number of carbonyl (C=O) groups is 2. The number of aromatic nitrogens is 1. The van der Waals surface area contributed by atoms with Crippen molar-refractivity contribution in [3.8, 4) is 10.6 Å². The molecule has 2 aromatic carbocycles. The summed E-state index contributed by atoms with van der Waals surface area (Å²) in [6, 6.07) is 10.6. The van der Waals surface area contributed by atoms with E-state index in [0.717, 1.165) is 24.1 Å². The van der Waals surface area contributed by atoms with Gasteiger partial charge in [0.2, 0.25) is 0 Å². The van der Waals surface area contributed by atoms with Gasteiger partial charge in [0.05, 0.1) is 5.69 Å². The molecule has 150 valence electrons. The van der Waals surface area contributed by atoms with Gasteiger partial charge in [-0.3, -0.25) is 4.79 Å². The molecule has 1 aromatic heterocycles. The average Bonchev–Trinajstić information content (AvgIpc) is 3.20. The lowest BCUT2D eigenvalue weighted by atomic mass is 10.1. The Bertz CT molecular complexity index is 1030. The molecule has 0 spiro atoms. The van der Waals surface area contributed by atoms with Crippen molar-refractivity contribution in [2.45, 2.75) is 26.4 Å². The summed E-state index contributed by atoms with van der Waals surface area (Å²) in [5.41, 5.74) is 1.95. The molecule has 0 fully saturated rings. The third-order valence-electron chi connectivity index (χ3n) is 4.16. The van der Waals surface area contributed by atoms with Crippen molar-refractivity contribution in [3.63, 3.8) is 0 Å². The van der Waals surface area contributed by atoms with Gasteiger partial charge in [-0.25, -0.2) is 18.6 Å². The largest absolute Gasteiger partial charge is 0.448 e. The SMILES string of the molecule is CCc1ccc(-c2nc(C(=O)O[C@@H](C)C(=O)Nc3ccc(F)cc3F)cs2)cc1. The second-order valence-electron chi connectivity index (χ2n) is 6.25. The highest BCUT2D eigenvalue weighted by atomic mass is 32.1. The Kier molecular flexibility index (Phi) is 6.33. The first-order valence-electron chi connectivity index (χ1n) is 8.89. The van der Waals surface area contributed by atoms with Crippen LogP contribution in [0.15, 0.2) is 47.8 Å². The summed E-state index contributed by atoms with van der Waals surface area (Å²) >= 11 is 1.29. The van der Waals surface area contributed by atoms with E-state index in [1.54, 1.807) is 5.38 Å². The van der Waals surface area contributed by atoms with Gasteiger partial charge in [-0.05, 0) is 31.0 Å². The number of carbonyl (C=O) groups excluding carboxylic acids is 2. The van der Waals surface area contributed by atoms with E-state index in [2.05, 4.69) is 17.2 Å². The number of anilines is 1. The van der Waals surface area contributed by atoms with E-state index in [1.165, 1.54) is 23.8 Å². The van der Waals surface area contributed by atoms with Crippen LogP contribution in [0, 0.1) is 11.6 Å². The molecule has 8 heteroatoms. The van der Waals surface area contributed by atoms with Crippen molar-refractivity contribution in [2.24, 2.45) is 0 Å². The van der Waals surface area contributed by atoms with Gasteiger partial charge in [-0.1, -0.05) is 31.2 Å². The number of nitrogens with one attached hydrogen (secondary N) is 1. The van der Waals surface area contributed by atoms with E-state index < -0.39 is 29.6 Å². The Morgan fingerprint density at radius 3 is 2.55 bits per heavy atom. The lowest BCUT2D eigenvalue weighted by Gasteiger charge is -2.13. The fourth-order valence-electron chi connectivity index (χ4n) is 2.48. The predicted octanol–water partition coefficient (Wildman–Crippen LogP) is 4.83. The molecule has 3 aromatic rings. The number of halogens is 2. The number of amides is 1. The van der Waals surface area contributed by atoms with Crippen LogP contribution in [-0.2, 0) is 16.0 Å². The van der Waals surface area contributed by atoms with E-state index in [-0.39, 0.29) is 11.4 Å². The normalized spacial score (nSPS) is 11.7. The van der Waals surface area contributed by atoms with Gasteiger partial charge < -0.3 is 10.1 Å². The molecule has 0 unspecified atom stereocenters. The van der Waals surface area contributed by atoms with Crippen LogP contribution in [-0.4, -0.2) is 23.0 Å². The Morgan fingerprint density at radius 2 is 1.90 bits per heavy atom. The van der Waals surface area contributed by atoms with Crippen LogP contribution < -0.4 is 5.32 Å². The fraction of sp³-hybridized carbons (Fsp3) is 0.190. The van der Waals surface area contributed by atoms with Crippen LogP contribution in [0.5, 0.6) is 0 Å². The lowest BCUT2D eigenvalue weighted by molar-refractivity contribution is -0.123. The first-order valence-corrected chi connectivity index (χ1v) is 9.77. The molecule has 1 heterocycles. The summed E-state index contributed by atoms with van der Waals surface area (Å²) < 4.78 is 31.7. The minimum Gasteiger partial charge on any atom is -0.448 e. The number of nitrogens with zero attached hydrogens (tertiary/aromatic N) is 1. The maximum Gasteiger partial charge on any atom is 0.358 e. The molecule has 0 aliphatic rings. The molecule has 0 aliphatic carbocycles. The molecule has 0 radical (unpaired) electrons. The van der Waals surface area contributed by atoms with Crippen molar-refractivity contribution in [3.05, 3.63) is 70.7 Å². The van der Waals surface area contributed by atoms with E-state index in [9.17, 15) is 18.4 Å². The number of benzene rings is 2. The van der Waals surface area contributed by atoms with Gasteiger partial charge >= 0.3 is 5.97 Å². The summed E-state index contributed by atoms with van der Waals surface area (Å²) in [5.74, 6) is -3.19. The second kappa shape index (κ2) is 8.91. The standard InChI is InChI=1S/C21H18F2N2O3S/c1-3-13-4-6-14(7-5-13)20-25-18(11-29-20)21(27)28-12(2)19(26)24-17-9-8-15(22)10-16(17)23/h4-12H,3H2,1-2H3,(H,24,26)/t12-/m0/s1. The highest BCUT2D eigenvalue weighted by molar-refractivity contribution is 7.13. The summed E-state index contributed by atoms with van der Waals surface area (Å²) in [6.45, 7) is 3.42. The molecule has 1 N–H and O–H groups in total. The van der Waals surface area contributed by atoms with Crippen LogP contribution in [0.2, 0.25) is 0 Å². The summed E-state index contributed by atoms with van der Waals surface area (Å²) in [5, 5.41) is 4.47. The molecule has 0 bridgehead atoms. The van der Waals surface area contributed by atoms with Crippen LogP contribution in [0.3, 0.4) is 0 Å². The van der Waals surface area contributed by atoms with Crippen LogP contribution >= 0.6 is 11.3 Å². The molecule has 0 saturated carbocycles. The minimum absolute atomic E-state index is 0.0807. The first-order chi connectivity index (χ1) is 13.9. The average molecular weight is 416 g/mol. The summed E-state index contributed by atoms with van der Waals surface area (Å²) in [4.78, 5) is 28.7. The molecule has 5 nitrogen and oxygen atoms in total. The highest BCUT2D eigenvalue weighted by Crippen LogP contribution is 2.25. The molecule has 1 amide bonds. The van der Waals surface area contributed by atoms with Crippen molar-refractivity contribution in [1.29, 1.82) is 0 Å². The Morgan fingerprint density at radius 1 is 1.17 bits per heavy atom. The number of hydrogen-bond donors (Lipinski definition) is 1. The number of esters is 1. The van der Waals surface area contributed by atoms with E-state index in [0.29, 0.717) is 11.1 Å². The van der Waals surface area contributed by atoms with Crippen LogP contribution in [0.4, 0.5) is 14.5 Å². The molecule has 1 atom stereocenters. The molecule has 3 rings (SSSR count). The zero-order chi connectivity index (χ0) is 21.0. The van der Waals surface area contributed by atoms with Crippen LogP contribution in [0.1, 0.15) is 29.9 Å². The molecular weight excluding hydrogens is 398 g/mol. The first kappa shape index (κ1) is 20.6. The number of aryl methyl sites for hydroxylation is 1. The second-order valence-corrected chi connectivity index (χ2v) is 7.11. The van der Waals surface area contributed by atoms with Crippen LogP contribution in [0.25, 0.3) is 10.6 Å². The van der Waals surface area contributed by atoms with Crippen molar-refractivity contribution < 1.29 is 23.1 Å². The van der Waals surface area contributed by atoms with E-state index >= 15 is 0 Å². The topological polar surface area (TPSA) is 68.3 Å². The molecular formula is C21H18F2N2O3S. The zero-order valence-electron chi connectivity index (χ0n) is 15.7. The Hall–Kier alpha value is -3.13. The Balaban J connectivity index is 1.63. The monoisotopic (exact) mass is 416 g/mol. The number of thiazole rings is 1. The van der Waals surface area contributed by atoms with E-state index in [4.69, 9.17) is 4.74 Å². The molecule has 0 saturated heterocycles. The van der Waals surface area contributed by atoms with Crippen molar-refractivity contribution in [2.75, 3.05) is 5.32 Å². The van der Waals surface area contributed by atoms with E-state index in [1.807, 2.05) is 24.3 Å². The van der Waals surface area contributed by atoms with Gasteiger partial charge in [-0.2, -0.15) is 0 Å². The van der Waals surface area contributed by atoms with Crippen molar-refractivity contribution in [1.82, 2.24) is 4.98 Å². The fourth-order valence-corrected chi connectivity index (χ4v) is 3.28. The summed E-state index contributed by atoms with van der Waals surface area (Å²) in [7, 11) is 0.